The molecule has 0 amide bonds. The fraction of sp³-hybridized carbons (Fsp3) is 0. The smallest absolute Gasteiger partial charge is 0.536 e. The van der Waals surface area contributed by atoms with Crippen LogP contribution >= 0.6 is 0 Å². The molecule has 0 atom stereocenters. The molecule has 0 saturated heterocycles. The van der Waals surface area contributed by atoms with Crippen molar-refractivity contribution < 1.29 is 9.68 Å². The minimum absolute atomic E-state index is 0.203. The fourth-order valence-corrected chi connectivity index (χ4v) is 0.530. The van der Waals surface area contributed by atoms with Gasteiger partial charge in [-0.05, 0) is 6.07 Å². The highest BCUT2D eigenvalue weighted by Crippen LogP contribution is 2.01. The fourth-order valence-electron chi connectivity index (χ4n) is 0.530. The molecule has 0 fully saturated rings. The molecule has 0 aromatic carbocycles. The number of rotatable bonds is 2. The van der Waals surface area contributed by atoms with E-state index >= 15 is 0 Å². The average molecular weight is 138 g/mol. The number of pyridine rings is 1. The molecule has 2 N–H and O–H groups in total. The van der Waals surface area contributed by atoms with E-state index in [4.69, 9.17) is 5.02 Å². The van der Waals surface area contributed by atoms with Crippen molar-refractivity contribution in [2.45, 2.75) is 0 Å². The summed E-state index contributed by atoms with van der Waals surface area (Å²) in [4.78, 5) is 12.8. The topological polar surface area (TPSA) is 62.3 Å². The third-order valence-corrected chi connectivity index (χ3v) is 0.944. The summed E-state index contributed by atoms with van der Waals surface area (Å²) in [7, 11) is 0.549. The van der Waals surface area contributed by atoms with Crippen LogP contribution in [-0.2, 0) is 0 Å². The van der Waals surface area contributed by atoms with E-state index in [-0.39, 0.29) is 5.56 Å². The summed E-state index contributed by atoms with van der Waals surface area (Å²) >= 11 is 0. The maximum Gasteiger partial charge on any atom is 0.569 e. The lowest BCUT2D eigenvalue weighted by molar-refractivity contribution is 0.452. The van der Waals surface area contributed by atoms with Crippen LogP contribution in [0, 0.1) is 0 Å². The Labute approximate surface area is 57.8 Å². The van der Waals surface area contributed by atoms with Crippen LogP contribution in [0.1, 0.15) is 0 Å². The molecule has 0 aliphatic carbocycles. The van der Waals surface area contributed by atoms with Gasteiger partial charge >= 0.3 is 7.69 Å². The van der Waals surface area contributed by atoms with Gasteiger partial charge in [0.15, 0.2) is 0 Å². The zero-order valence-electron chi connectivity index (χ0n) is 5.07. The van der Waals surface area contributed by atoms with Crippen LogP contribution in [-0.4, -0.2) is 17.7 Å². The lowest BCUT2D eigenvalue weighted by atomic mass is 10.4. The van der Waals surface area contributed by atoms with Crippen LogP contribution in [0.25, 0.3) is 0 Å². The van der Waals surface area contributed by atoms with E-state index in [1.165, 1.54) is 18.3 Å². The zero-order valence-corrected chi connectivity index (χ0v) is 5.07. The molecule has 1 rings (SSSR count). The third kappa shape index (κ3) is 1.63. The third-order valence-electron chi connectivity index (χ3n) is 0.944. The van der Waals surface area contributed by atoms with E-state index in [2.05, 4.69) is 9.64 Å². The van der Waals surface area contributed by atoms with E-state index in [0.29, 0.717) is 13.4 Å². The first-order valence-electron chi connectivity index (χ1n) is 2.64. The van der Waals surface area contributed by atoms with Gasteiger partial charge in [-0.2, -0.15) is 0 Å². The molecule has 0 unspecified atom stereocenters. The second-order valence-corrected chi connectivity index (χ2v) is 1.61. The van der Waals surface area contributed by atoms with Gasteiger partial charge in [-0.15, -0.1) is 0 Å². The highest BCUT2D eigenvalue weighted by Gasteiger charge is 1.91. The molecule has 0 spiro atoms. The van der Waals surface area contributed by atoms with Gasteiger partial charge < -0.3 is 14.7 Å². The SMILES string of the molecule is O=c1ccc(O[B]O)c[nH]1. The summed E-state index contributed by atoms with van der Waals surface area (Å²) in [5.74, 6) is 0.391. The van der Waals surface area contributed by atoms with E-state index in [0.717, 1.165) is 0 Å². The average Bonchev–Trinajstić information content (AvgIpc) is 1.95. The summed E-state index contributed by atoms with van der Waals surface area (Å²) in [5, 5.41) is 8.15. The van der Waals surface area contributed by atoms with Crippen molar-refractivity contribution in [1.29, 1.82) is 0 Å². The quantitative estimate of drug-likeness (QED) is 0.530. The Hall–Kier alpha value is -1.23. The Morgan fingerprint density at radius 2 is 2.40 bits per heavy atom. The molecule has 1 radical (unpaired) electrons. The number of H-pyrrole nitrogens is 1. The molecule has 0 aliphatic rings. The second kappa shape index (κ2) is 3.07. The number of hydrogen-bond acceptors (Lipinski definition) is 3. The molecule has 0 aliphatic heterocycles. The summed E-state index contributed by atoms with van der Waals surface area (Å²) in [6.45, 7) is 0. The van der Waals surface area contributed by atoms with Crippen molar-refractivity contribution in [3.63, 3.8) is 0 Å². The predicted molar refractivity (Wildman–Crippen MR) is 35.7 cm³/mol. The van der Waals surface area contributed by atoms with Crippen LogP contribution in [0.4, 0.5) is 0 Å². The van der Waals surface area contributed by atoms with Crippen molar-refractivity contribution in [2.75, 3.05) is 0 Å². The van der Waals surface area contributed by atoms with Gasteiger partial charge in [-0.25, -0.2) is 0 Å². The highest BCUT2D eigenvalue weighted by molar-refractivity contribution is 6.17. The molecule has 5 heteroatoms. The lowest BCUT2D eigenvalue weighted by Gasteiger charge is -1.96. The number of nitrogens with one attached hydrogen (secondary N) is 1. The highest BCUT2D eigenvalue weighted by atomic mass is 16.5. The van der Waals surface area contributed by atoms with Crippen LogP contribution in [0.5, 0.6) is 5.75 Å². The maximum atomic E-state index is 10.4. The Bertz CT molecular complexity index is 239. The molecule has 0 saturated carbocycles. The summed E-state index contributed by atoms with van der Waals surface area (Å²) < 4.78 is 4.52. The van der Waals surface area contributed by atoms with Gasteiger partial charge in [-0.1, -0.05) is 0 Å². The minimum atomic E-state index is -0.203. The predicted octanol–water partition coefficient (Wildman–Crippen LogP) is -0.720. The molecule has 0 bridgehead atoms. The first-order chi connectivity index (χ1) is 4.83. The molecular formula is C5H5BNO3. The summed E-state index contributed by atoms with van der Waals surface area (Å²) in [6, 6.07) is 2.75. The summed E-state index contributed by atoms with van der Waals surface area (Å²) in [5.41, 5.74) is -0.203. The van der Waals surface area contributed by atoms with E-state index in [1.54, 1.807) is 0 Å². The Kier molecular flexibility index (Phi) is 2.12. The van der Waals surface area contributed by atoms with Crippen LogP contribution in [0.2, 0.25) is 0 Å². The molecule has 1 aromatic heterocycles. The maximum absolute atomic E-state index is 10.4. The van der Waals surface area contributed by atoms with Crippen molar-refractivity contribution in [2.24, 2.45) is 0 Å². The largest absolute Gasteiger partial charge is 0.569 e. The van der Waals surface area contributed by atoms with Gasteiger partial charge in [-0.3, -0.25) is 4.79 Å². The first kappa shape index (κ1) is 6.89. The zero-order chi connectivity index (χ0) is 7.40. The van der Waals surface area contributed by atoms with Gasteiger partial charge in [0.25, 0.3) is 0 Å². The molecule has 1 aromatic rings. The first-order valence-corrected chi connectivity index (χ1v) is 2.64. The normalized spacial score (nSPS) is 8.90. The number of aromatic amines is 1. The van der Waals surface area contributed by atoms with Gasteiger partial charge in [0.05, 0.1) is 0 Å². The van der Waals surface area contributed by atoms with Crippen molar-refractivity contribution >= 4 is 7.69 Å². The van der Waals surface area contributed by atoms with E-state index in [1.807, 2.05) is 0 Å². The molecule has 10 heavy (non-hydrogen) atoms. The Morgan fingerprint density at radius 1 is 1.60 bits per heavy atom. The standard InChI is InChI=1S/C5H5BNO3/c8-5-2-1-4(3-7-5)10-6-9/h1-3,9H,(H,7,8). The number of aromatic nitrogens is 1. The molecule has 4 nitrogen and oxygen atoms in total. The monoisotopic (exact) mass is 138 g/mol. The number of hydrogen-bond donors (Lipinski definition) is 2. The van der Waals surface area contributed by atoms with Crippen molar-refractivity contribution in [3.8, 4) is 5.75 Å². The Balaban J connectivity index is 2.79. The van der Waals surface area contributed by atoms with Crippen LogP contribution in [0.15, 0.2) is 23.1 Å². The van der Waals surface area contributed by atoms with Gasteiger partial charge in [0.1, 0.15) is 5.75 Å². The van der Waals surface area contributed by atoms with Crippen LogP contribution < -0.4 is 10.2 Å². The van der Waals surface area contributed by atoms with Crippen molar-refractivity contribution in [1.82, 2.24) is 4.98 Å². The van der Waals surface area contributed by atoms with Gasteiger partial charge in [0.2, 0.25) is 5.56 Å². The lowest BCUT2D eigenvalue weighted by Crippen LogP contribution is -2.05. The van der Waals surface area contributed by atoms with E-state index in [9.17, 15) is 4.79 Å². The molecular weight excluding hydrogens is 133 g/mol. The minimum Gasteiger partial charge on any atom is -0.536 e. The van der Waals surface area contributed by atoms with Crippen LogP contribution in [0.3, 0.4) is 0 Å². The molecule has 51 valence electrons. The van der Waals surface area contributed by atoms with E-state index < -0.39 is 0 Å². The second-order valence-electron chi connectivity index (χ2n) is 1.61. The summed E-state index contributed by atoms with van der Waals surface area (Å²) in [6.07, 6.45) is 1.36. The van der Waals surface area contributed by atoms with Crippen molar-refractivity contribution in [3.05, 3.63) is 28.7 Å². The Morgan fingerprint density at radius 3 is 2.90 bits per heavy atom. The van der Waals surface area contributed by atoms with Gasteiger partial charge in [0, 0.05) is 12.3 Å². The molecule has 1 heterocycles.